The van der Waals surface area contributed by atoms with Gasteiger partial charge in [-0.2, -0.15) is 0 Å². The highest BCUT2D eigenvalue weighted by Gasteiger charge is 2.21. The van der Waals surface area contributed by atoms with Gasteiger partial charge in [-0.3, -0.25) is 4.79 Å². The van der Waals surface area contributed by atoms with Crippen molar-refractivity contribution in [1.29, 1.82) is 0 Å². The van der Waals surface area contributed by atoms with Crippen LogP contribution in [-0.2, 0) is 0 Å². The maximum Gasteiger partial charge on any atom is 0.292 e. The molecule has 0 aliphatic rings. The van der Waals surface area contributed by atoms with Crippen molar-refractivity contribution in [3.63, 3.8) is 0 Å². The minimum Gasteiger partial charge on any atom is -0.413 e. The third-order valence-electron chi connectivity index (χ3n) is 5.33. The van der Waals surface area contributed by atoms with Crippen LogP contribution in [0.15, 0.2) is 102 Å². The average molecular weight is 377 g/mol. The second-order valence-corrected chi connectivity index (χ2v) is 6.95. The zero-order chi connectivity index (χ0) is 19.8. The molecule has 1 heterocycles. The van der Waals surface area contributed by atoms with Gasteiger partial charge in [0.1, 0.15) is 7.11 Å². The van der Waals surface area contributed by atoms with E-state index in [0.717, 1.165) is 38.5 Å². The van der Waals surface area contributed by atoms with E-state index in [0.29, 0.717) is 5.39 Å². The molecule has 3 heteroatoms. The topological polar surface area (TPSA) is 31.2 Å². The van der Waals surface area contributed by atoms with Gasteiger partial charge in [-0.05, 0) is 21.7 Å². The molecule has 140 valence electrons. The van der Waals surface area contributed by atoms with Crippen LogP contribution >= 0.6 is 0 Å². The Labute approximate surface area is 168 Å². The van der Waals surface area contributed by atoms with Crippen molar-refractivity contribution in [2.45, 2.75) is 0 Å². The van der Waals surface area contributed by atoms with Gasteiger partial charge >= 0.3 is 0 Å². The average Bonchev–Trinajstić information content (AvgIpc) is 2.79. The van der Waals surface area contributed by atoms with Crippen LogP contribution in [0.2, 0.25) is 0 Å². The zero-order valence-electron chi connectivity index (χ0n) is 16.0. The van der Waals surface area contributed by atoms with Gasteiger partial charge in [0.05, 0.1) is 11.1 Å². The maximum atomic E-state index is 13.6. The standard InChI is InChI=1S/C26H19NO2/c1-29-27-25(20-13-6-3-7-14-20)23(19-11-4-2-5-12-19)22-17-16-18-10-8-9-15-21(18)24(22)26(27)28/h2-17H,1H3. The van der Waals surface area contributed by atoms with E-state index in [1.165, 1.54) is 4.73 Å². The van der Waals surface area contributed by atoms with Crippen LogP contribution in [0, 0.1) is 0 Å². The Morgan fingerprint density at radius 3 is 1.97 bits per heavy atom. The Kier molecular flexibility index (Phi) is 4.14. The normalized spacial score (nSPS) is 11.1. The van der Waals surface area contributed by atoms with Gasteiger partial charge in [0.15, 0.2) is 0 Å². The molecule has 5 aromatic rings. The molecule has 0 N–H and O–H groups in total. The first-order chi connectivity index (χ1) is 14.3. The first-order valence-electron chi connectivity index (χ1n) is 9.55. The summed E-state index contributed by atoms with van der Waals surface area (Å²) in [6, 6.07) is 32.2. The number of hydrogen-bond donors (Lipinski definition) is 0. The molecule has 0 unspecified atom stereocenters. The summed E-state index contributed by atoms with van der Waals surface area (Å²) >= 11 is 0. The lowest BCUT2D eigenvalue weighted by molar-refractivity contribution is 0.163. The summed E-state index contributed by atoms with van der Waals surface area (Å²) in [4.78, 5) is 19.2. The van der Waals surface area contributed by atoms with E-state index in [1.807, 2.05) is 78.9 Å². The summed E-state index contributed by atoms with van der Waals surface area (Å²) < 4.78 is 1.42. The third-order valence-corrected chi connectivity index (χ3v) is 5.33. The largest absolute Gasteiger partial charge is 0.413 e. The SMILES string of the molecule is COn1c(-c2ccccc2)c(-c2ccccc2)c2ccc3ccccc3c2c1=O. The van der Waals surface area contributed by atoms with Crippen LogP contribution in [0.3, 0.4) is 0 Å². The molecule has 0 bridgehead atoms. The van der Waals surface area contributed by atoms with Crippen molar-refractivity contribution in [3.05, 3.63) is 107 Å². The first-order valence-corrected chi connectivity index (χ1v) is 9.55. The number of aromatic nitrogens is 1. The van der Waals surface area contributed by atoms with Crippen LogP contribution in [0.25, 0.3) is 43.9 Å². The smallest absolute Gasteiger partial charge is 0.292 e. The highest BCUT2D eigenvalue weighted by molar-refractivity contribution is 6.13. The molecule has 1 aromatic heterocycles. The molecular formula is C26H19NO2. The number of pyridine rings is 1. The Morgan fingerprint density at radius 1 is 0.655 bits per heavy atom. The molecule has 0 radical (unpaired) electrons. The van der Waals surface area contributed by atoms with Crippen molar-refractivity contribution in [3.8, 4) is 22.4 Å². The molecule has 0 aliphatic carbocycles. The number of nitrogens with zero attached hydrogens (tertiary/aromatic N) is 1. The second kappa shape index (κ2) is 6.95. The summed E-state index contributed by atoms with van der Waals surface area (Å²) in [5.41, 5.74) is 3.56. The lowest BCUT2D eigenvalue weighted by Crippen LogP contribution is -2.27. The van der Waals surface area contributed by atoms with Crippen molar-refractivity contribution >= 4 is 21.5 Å². The Balaban J connectivity index is 2.06. The molecule has 0 aliphatic heterocycles. The van der Waals surface area contributed by atoms with Crippen LogP contribution in [0.1, 0.15) is 0 Å². The Bertz CT molecular complexity index is 1390. The van der Waals surface area contributed by atoms with E-state index in [9.17, 15) is 4.79 Å². The quantitative estimate of drug-likeness (QED) is 0.386. The minimum absolute atomic E-state index is 0.155. The first kappa shape index (κ1) is 17.3. The molecule has 0 spiro atoms. The number of fused-ring (bicyclic) bond motifs is 3. The molecule has 5 rings (SSSR count). The van der Waals surface area contributed by atoms with Crippen molar-refractivity contribution in [2.75, 3.05) is 7.11 Å². The molecule has 0 saturated carbocycles. The second-order valence-electron chi connectivity index (χ2n) is 6.95. The van der Waals surface area contributed by atoms with E-state index >= 15 is 0 Å². The van der Waals surface area contributed by atoms with Crippen molar-refractivity contribution < 1.29 is 4.84 Å². The molecule has 4 aromatic carbocycles. The summed E-state index contributed by atoms with van der Waals surface area (Å²) in [6.07, 6.45) is 0. The highest BCUT2D eigenvalue weighted by Crippen LogP contribution is 2.38. The lowest BCUT2D eigenvalue weighted by atomic mass is 9.92. The fraction of sp³-hybridized carbons (Fsp3) is 0.0385. The predicted molar refractivity (Wildman–Crippen MR) is 119 cm³/mol. The van der Waals surface area contributed by atoms with Crippen molar-refractivity contribution in [2.24, 2.45) is 0 Å². The van der Waals surface area contributed by atoms with Gasteiger partial charge in [-0.15, -0.1) is 4.73 Å². The molecule has 3 nitrogen and oxygen atoms in total. The third kappa shape index (κ3) is 2.71. The number of hydrogen-bond acceptors (Lipinski definition) is 2. The summed E-state index contributed by atoms with van der Waals surface area (Å²) in [7, 11) is 1.54. The Hall–Kier alpha value is -3.85. The maximum absolute atomic E-state index is 13.6. The number of benzene rings is 4. The van der Waals surface area contributed by atoms with Gasteiger partial charge in [0.25, 0.3) is 5.56 Å². The van der Waals surface area contributed by atoms with Gasteiger partial charge < -0.3 is 4.84 Å². The van der Waals surface area contributed by atoms with Crippen LogP contribution in [0.4, 0.5) is 0 Å². The fourth-order valence-corrected chi connectivity index (χ4v) is 4.07. The molecule has 0 atom stereocenters. The number of rotatable bonds is 3. The van der Waals surface area contributed by atoms with E-state index in [4.69, 9.17) is 4.84 Å². The van der Waals surface area contributed by atoms with Gasteiger partial charge in [-0.1, -0.05) is 97.1 Å². The summed E-state index contributed by atoms with van der Waals surface area (Å²) in [5, 5.41) is 3.55. The van der Waals surface area contributed by atoms with Crippen LogP contribution < -0.4 is 10.4 Å². The predicted octanol–water partition coefficient (Wildman–Crippen LogP) is 5.55. The molecule has 0 amide bonds. The lowest BCUT2D eigenvalue weighted by Gasteiger charge is -2.19. The van der Waals surface area contributed by atoms with Crippen LogP contribution in [0.5, 0.6) is 0 Å². The monoisotopic (exact) mass is 377 g/mol. The van der Waals surface area contributed by atoms with E-state index in [-0.39, 0.29) is 5.56 Å². The van der Waals surface area contributed by atoms with E-state index < -0.39 is 0 Å². The van der Waals surface area contributed by atoms with E-state index in [1.54, 1.807) is 7.11 Å². The van der Waals surface area contributed by atoms with Gasteiger partial charge in [-0.25, -0.2) is 0 Å². The van der Waals surface area contributed by atoms with Gasteiger partial charge in [0, 0.05) is 11.1 Å². The molecule has 29 heavy (non-hydrogen) atoms. The molecule has 0 fully saturated rings. The minimum atomic E-state index is -0.155. The van der Waals surface area contributed by atoms with E-state index in [2.05, 4.69) is 18.2 Å². The summed E-state index contributed by atoms with van der Waals surface area (Å²) in [6.45, 7) is 0. The molecule has 0 saturated heterocycles. The van der Waals surface area contributed by atoms with Gasteiger partial charge in [0.2, 0.25) is 0 Å². The fourth-order valence-electron chi connectivity index (χ4n) is 4.07. The zero-order valence-corrected chi connectivity index (χ0v) is 16.0. The highest BCUT2D eigenvalue weighted by atomic mass is 16.6. The summed E-state index contributed by atoms with van der Waals surface area (Å²) in [5.74, 6) is 0. The molecular weight excluding hydrogens is 358 g/mol. The Morgan fingerprint density at radius 2 is 1.28 bits per heavy atom. The van der Waals surface area contributed by atoms with Crippen molar-refractivity contribution in [1.82, 2.24) is 4.73 Å². The van der Waals surface area contributed by atoms with Crippen LogP contribution in [-0.4, -0.2) is 11.8 Å².